The minimum Gasteiger partial charge on any atom is -0.0839 e. The zero-order chi connectivity index (χ0) is 7.94. The van der Waals surface area contributed by atoms with E-state index in [-0.39, 0.29) is 0 Å². The molecule has 0 spiro atoms. The molecule has 1 aromatic carbocycles. The van der Waals surface area contributed by atoms with Crippen LogP contribution < -0.4 is 0 Å². The van der Waals surface area contributed by atoms with Crippen molar-refractivity contribution in [2.45, 2.75) is 12.8 Å². The molecule has 0 saturated carbocycles. The monoisotopic (exact) mass is 145 g/mol. The topological polar surface area (TPSA) is 0 Å². The van der Waals surface area contributed by atoms with E-state index in [0.29, 0.717) is 0 Å². The Morgan fingerprint density at radius 3 is 2.55 bits per heavy atom. The van der Waals surface area contributed by atoms with Crippen LogP contribution in [0.4, 0.5) is 0 Å². The fourth-order valence-electron chi connectivity index (χ4n) is 0.901. The van der Waals surface area contributed by atoms with E-state index >= 15 is 0 Å². The quantitative estimate of drug-likeness (QED) is 0.612. The van der Waals surface area contributed by atoms with Crippen molar-refractivity contribution in [1.82, 2.24) is 0 Å². The maximum absolute atomic E-state index is 3.77. The molecule has 0 atom stereocenters. The number of rotatable bonds is 3. The van der Waals surface area contributed by atoms with Crippen molar-refractivity contribution in [2.24, 2.45) is 0 Å². The van der Waals surface area contributed by atoms with Gasteiger partial charge in [-0.3, -0.25) is 0 Å². The second-order valence-electron chi connectivity index (χ2n) is 2.46. The second kappa shape index (κ2) is 4.73. The lowest BCUT2D eigenvalue weighted by atomic mass is 10.2. The van der Waals surface area contributed by atoms with Gasteiger partial charge in [0.25, 0.3) is 0 Å². The predicted octanol–water partition coefficient (Wildman–Crippen LogP) is 3.31. The van der Waals surface area contributed by atoms with Gasteiger partial charge in [0.2, 0.25) is 0 Å². The Hall–Kier alpha value is -1.04. The Labute approximate surface area is 68.6 Å². The molecule has 0 nitrogen and oxygen atoms in total. The molecule has 0 aliphatic rings. The van der Waals surface area contributed by atoms with Crippen molar-refractivity contribution in [3.8, 4) is 0 Å². The number of benzene rings is 1. The lowest BCUT2D eigenvalue weighted by molar-refractivity contribution is 1.06. The molecule has 0 N–H and O–H groups in total. The molecule has 0 amide bonds. The first-order valence-electron chi connectivity index (χ1n) is 3.94. The van der Waals surface area contributed by atoms with E-state index < -0.39 is 0 Å². The summed E-state index contributed by atoms with van der Waals surface area (Å²) in [7, 11) is 0. The average Bonchev–Trinajstić information content (AvgIpc) is 2.07. The first-order valence-corrected chi connectivity index (χ1v) is 3.94. The van der Waals surface area contributed by atoms with E-state index in [2.05, 4.69) is 31.2 Å². The summed E-state index contributed by atoms with van der Waals surface area (Å²) < 4.78 is 0. The summed E-state index contributed by atoms with van der Waals surface area (Å²) in [5.41, 5.74) is 1.26. The van der Waals surface area contributed by atoms with Crippen molar-refractivity contribution >= 4 is 6.08 Å². The van der Waals surface area contributed by atoms with Crippen LogP contribution >= 0.6 is 0 Å². The molecule has 0 unspecified atom stereocenters. The van der Waals surface area contributed by atoms with Crippen molar-refractivity contribution in [2.75, 3.05) is 0 Å². The van der Waals surface area contributed by atoms with E-state index in [1.807, 2.05) is 18.2 Å². The minimum absolute atomic E-state index is 0.976. The summed E-state index contributed by atoms with van der Waals surface area (Å²) in [6, 6.07) is 10.3. The van der Waals surface area contributed by atoms with Crippen LogP contribution in [0, 0.1) is 6.92 Å². The van der Waals surface area contributed by atoms with E-state index in [9.17, 15) is 0 Å². The molecule has 1 rings (SSSR count). The van der Waals surface area contributed by atoms with Gasteiger partial charge >= 0.3 is 0 Å². The molecule has 0 bridgehead atoms. The van der Waals surface area contributed by atoms with Gasteiger partial charge in [-0.2, -0.15) is 0 Å². The van der Waals surface area contributed by atoms with Crippen LogP contribution in [0.15, 0.2) is 36.4 Å². The van der Waals surface area contributed by atoms with E-state index in [1.165, 1.54) is 5.56 Å². The maximum atomic E-state index is 3.77. The van der Waals surface area contributed by atoms with Crippen LogP contribution in [0.2, 0.25) is 0 Å². The van der Waals surface area contributed by atoms with Crippen molar-refractivity contribution in [3.63, 3.8) is 0 Å². The molecule has 0 aliphatic carbocycles. The molecule has 1 radical (unpaired) electrons. The number of allylic oxidation sites excluding steroid dienone is 1. The van der Waals surface area contributed by atoms with Gasteiger partial charge in [-0.05, 0) is 18.4 Å². The smallest absolute Gasteiger partial charge is 0.0260 e. The highest BCUT2D eigenvalue weighted by Gasteiger charge is 1.80. The third-order valence-corrected chi connectivity index (χ3v) is 1.48. The van der Waals surface area contributed by atoms with E-state index in [0.717, 1.165) is 12.8 Å². The third-order valence-electron chi connectivity index (χ3n) is 1.48. The molecule has 0 heteroatoms. The Morgan fingerprint density at radius 1 is 1.18 bits per heavy atom. The summed E-state index contributed by atoms with van der Waals surface area (Å²) >= 11 is 0. The fourth-order valence-corrected chi connectivity index (χ4v) is 0.901. The molecular formula is C11H13. The molecule has 0 aromatic heterocycles. The molecule has 57 valence electrons. The molecule has 0 saturated heterocycles. The van der Waals surface area contributed by atoms with Crippen LogP contribution in [-0.2, 0) is 0 Å². The highest BCUT2D eigenvalue weighted by Crippen LogP contribution is 2.02. The van der Waals surface area contributed by atoms with Crippen LogP contribution in [0.5, 0.6) is 0 Å². The van der Waals surface area contributed by atoms with Gasteiger partial charge < -0.3 is 0 Å². The average molecular weight is 145 g/mol. The van der Waals surface area contributed by atoms with Gasteiger partial charge in [-0.15, -0.1) is 0 Å². The highest BCUT2D eigenvalue weighted by atomic mass is 13.9. The van der Waals surface area contributed by atoms with Gasteiger partial charge in [-0.25, -0.2) is 0 Å². The standard InChI is InChI=1S/C11H13/c1-2-3-5-8-11-9-6-4-7-10-11/h4-10H,1-3H2/b8-5+. The van der Waals surface area contributed by atoms with Crippen LogP contribution in [0.3, 0.4) is 0 Å². The van der Waals surface area contributed by atoms with Gasteiger partial charge in [0.1, 0.15) is 0 Å². The predicted molar refractivity (Wildman–Crippen MR) is 50.1 cm³/mol. The van der Waals surface area contributed by atoms with Crippen molar-refractivity contribution in [3.05, 3.63) is 48.9 Å². The molecule has 11 heavy (non-hydrogen) atoms. The van der Waals surface area contributed by atoms with Crippen LogP contribution in [-0.4, -0.2) is 0 Å². The number of hydrogen-bond acceptors (Lipinski definition) is 0. The van der Waals surface area contributed by atoms with E-state index in [1.54, 1.807) is 0 Å². The molecule has 1 aromatic rings. The lowest BCUT2D eigenvalue weighted by Crippen LogP contribution is -1.68. The highest BCUT2D eigenvalue weighted by molar-refractivity contribution is 5.48. The largest absolute Gasteiger partial charge is 0.0839 e. The molecular weight excluding hydrogens is 132 g/mol. The minimum atomic E-state index is 0.976. The summed E-state index contributed by atoms with van der Waals surface area (Å²) in [5, 5.41) is 0. The Bertz CT molecular complexity index is 209. The van der Waals surface area contributed by atoms with Crippen LogP contribution in [0.25, 0.3) is 6.08 Å². The number of unbranched alkanes of at least 4 members (excludes halogenated alkanes) is 1. The van der Waals surface area contributed by atoms with Crippen molar-refractivity contribution < 1.29 is 0 Å². The SMILES string of the molecule is [CH2]CC/C=C/c1ccccc1. The lowest BCUT2D eigenvalue weighted by Gasteiger charge is -1.89. The molecule has 0 aliphatic heterocycles. The zero-order valence-corrected chi connectivity index (χ0v) is 6.66. The Balaban J connectivity index is 2.50. The van der Waals surface area contributed by atoms with E-state index in [4.69, 9.17) is 0 Å². The first-order chi connectivity index (χ1) is 5.43. The normalized spacial score (nSPS) is 10.6. The first kappa shape index (κ1) is 8.06. The fraction of sp³-hybridized carbons (Fsp3) is 0.182. The molecule has 0 fully saturated rings. The molecule has 0 heterocycles. The Kier molecular flexibility index (Phi) is 3.46. The maximum Gasteiger partial charge on any atom is -0.0260 e. The zero-order valence-electron chi connectivity index (χ0n) is 6.66. The summed E-state index contributed by atoms with van der Waals surface area (Å²) in [5.74, 6) is 0. The third kappa shape index (κ3) is 3.03. The van der Waals surface area contributed by atoms with Gasteiger partial charge in [-0.1, -0.05) is 49.4 Å². The number of hydrogen-bond donors (Lipinski definition) is 0. The second-order valence-corrected chi connectivity index (χ2v) is 2.46. The van der Waals surface area contributed by atoms with Gasteiger partial charge in [0.05, 0.1) is 0 Å². The van der Waals surface area contributed by atoms with Crippen molar-refractivity contribution in [1.29, 1.82) is 0 Å². The summed E-state index contributed by atoms with van der Waals surface area (Å²) in [6.45, 7) is 3.77. The summed E-state index contributed by atoms with van der Waals surface area (Å²) in [6.07, 6.45) is 6.33. The van der Waals surface area contributed by atoms with Gasteiger partial charge in [0.15, 0.2) is 0 Å². The summed E-state index contributed by atoms with van der Waals surface area (Å²) in [4.78, 5) is 0. The Morgan fingerprint density at radius 2 is 1.91 bits per heavy atom. The van der Waals surface area contributed by atoms with Gasteiger partial charge in [0, 0.05) is 0 Å². The van der Waals surface area contributed by atoms with Crippen LogP contribution in [0.1, 0.15) is 18.4 Å².